The van der Waals surface area contributed by atoms with Gasteiger partial charge in [-0.3, -0.25) is 18.6 Å². The van der Waals surface area contributed by atoms with E-state index < -0.39 is 32.5 Å². The first kappa shape index (κ1) is 59.9. The molecule has 0 aliphatic carbocycles. The summed E-state index contributed by atoms with van der Waals surface area (Å²) in [4.78, 5) is 35.0. The maximum absolute atomic E-state index is 12.7. The van der Waals surface area contributed by atoms with Gasteiger partial charge in [-0.25, -0.2) is 4.57 Å². The van der Waals surface area contributed by atoms with E-state index in [1.807, 2.05) is 0 Å². The maximum atomic E-state index is 12.7. The van der Waals surface area contributed by atoms with Crippen LogP contribution < -0.4 is 5.73 Å². The summed E-state index contributed by atoms with van der Waals surface area (Å²) >= 11 is 0. The third-order valence-electron chi connectivity index (χ3n) is 9.97. The van der Waals surface area contributed by atoms with Crippen LogP contribution in [0.1, 0.15) is 194 Å². The van der Waals surface area contributed by atoms with E-state index in [2.05, 4.69) is 111 Å². The fourth-order valence-electron chi connectivity index (χ4n) is 6.38. The van der Waals surface area contributed by atoms with Crippen molar-refractivity contribution >= 4 is 19.8 Å². The van der Waals surface area contributed by atoms with Gasteiger partial charge in [0.15, 0.2) is 6.10 Å². The molecule has 360 valence electrons. The predicted octanol–water partition coefficient (Wildman–Crippen LogP) is 14.9. The van der Waals surface area contributed by atoms with E-state index in [0.717, 1.165) is 109 Å². The summed E-state index contributed by atoms with van der Waals surface area (Å²) < 4.78 is 32.9. The zero-order valence-electron chi connectivity index (χ0n) is 39.8. The maximum Gasteiger partial charge on any atom is 0.472 e. The van der Waals surface area contributed by atoms with Gasteiger partial charge in [0.2, 0.25) is 0 Å². The second-order valence-corrected chi connectivity index (χ2v) is 17.4. The lowest BCUT2D eigenvalue weighted by molar-refractivity contribution is -0.161. The lowest BCUT2D eigenvalue weighted by Crippen LogP contribution is -2.29. The molecule has 0 saturated heterocycles. The van der Waals surface area contributed by atoms with Crippen molar-refractivity contribution in [1.29, 1.82) is 0 Å². The highest BCUT2D eigenvalue weighted by molar-refractivity contribution is 7.47. The number of esters is 2. The molecule has 2 unspecified atom stereocenters. The van der Waals surface area contributed by atoms with E-state index in [1.54, 1.807) is 0 Å². The molecule has 10 heteroatoms. The van der Waals surface area contributed by atoms with Gasteiger partial charge in [0.05, 0.1) is 13.2 Å². The molecule has 0 amide bonds. The summed E-state index contributed by atoms with van der Waals surface area (Å²) in [6.07, 6.45) is 62.9. The summed E-state index contributed by atoms with van der Waals surface area (Å²) in [5.41, 5.74) is 5.36. The molecule has 0 heterocycles. The molecule has 3 N–H and O–H groups in total. The molecule has 0 aromatic heterocycles. The molecule has 0 rings (SSSR count). The normalized spacial score (nSPS) is 14.0. The molecule has 0 saturated carbocycles. The number of carbonyl (C=O) groups excluding carboxylic acids is 2. The Morgan fingerprint density at radius 2 is 0.825 bits per heavy atom. The lowest BCUT2D eigenvalue weighted by Gasteiger charge is -2.19. The molecule has 0 fully saturated rings. The molecular weight excluding hydrogens is 810 g/mol. The second-order valence-electron chi connectivity index (χ2n) is 15.9. The van der Waals surface area contributed by atoms with Crippen molar-refractivity contribution in [1.82, 2.24) is 0 Å². The van der Waals surface area contributed by atoms with Crippen LogP contribution in [0.2, 0.25) is 0 Å². The van der Waals surface area contributed by atoms with Gasteiger partial charge in [0.1, 0.15) is 6.61 Å². The van der Waals surface area contributed by atoms with Crippen molar-refractivity contribution in [2.24, 2.45) is 5.73 Å². The number of hydrogen-bond acceptors (Lipinski definition) is 8. The highest BCUT2D eigenvalue weighted by atomic mass is 31.2. The average molecular weight is 900 g/mol. The minimum absolute atomic E-state index is 0.0457. The second kappa shape index (κ2) is 48.4. The number of hydrogen-bond donors (Lipinski definition) is 2. The minimum atomic E-state index is -4.39. The third kappa shape index (κ3) is 48.2. The van der Waals surface area contributed by atoms with Gasteiger partial charge in [0.25, 0.3) is 0 Å². The van der Waals surface area contributed by atoms with Gasteiger partial charge in [-0.05, 0) is 89.9 Å². The number of rotatable bonds is 45. The summed E-state index contributed by atoms with van der Waals surface area (Å²) in [7, 11) is -4.39. The molecular formula is C53H90NO8P. The lowest BCUT2D eigenvalue weighted by atomic mass is 10.1. The van der Waals surface area contributed by atoms with Crippen LogP contribution in [0.25, 0.3) is 0 Å². The standard InChI is InChI=1S/C53H90NO8P/c1-3-5-7-9-11-13-15-17-19-21-22-23-24-25-26-27-28-30-32-34-36-38-40-42-44-46-53(56)62-51(50-61-63(57,58)60-48-47-54)49-59-52(55)45-43-41-39-37-35-33-31-29-20-18-16-14-12-10-8-6-4-2/h5-8,11-14,17-20,22-23,25-26,51H,3-4,9-10,15-16,21,24,27-50,54H2,1-2H3,(H,57,58)/b7-5-,8-6-,13-11-,14-12-,19-17-,20-18-,23-22-,26-25-. The Kier molecular flexibility index (Phi) is 46.0. The van der Waals surface area contributed by atoms with Gasteiger partial charge >= 0.3 is 19.8 Å². The summed E-state index contributed by atoms with van der Waals surface area (Å²) in [6, 6.07) is 0. The summed E-state index contributed by atoms with van der Waals surface area (Å²) in [6.45, 7) is 3.49. The van der Waals surface area contributed by atoms with Crippen LogP contribution in [0.15, 0.2) is 97.2 Å². The number of phosphoric acid groups is 1. The fourth-order valence-corrected chi connectivity index (χ4v) is 7.15. The first-order chi connectivity index (χ1) is 30.8. The van der Waals surface area contributed by atoms with E-state index in [-0.39, 0.29) is 32.6 Å². The van der Waals surface area contributed by atoms with Crippen LogP contribution in [-0.4, -0.2) is 49.3 Å². The number of nitrogens with two attached hydrogens (primary N) is 1. The Balaban J connectivity index is 4.10. The van der Waals surface area contributed by atoms with Crippen LogP contribution >= 0.6 is 7.82 Å². The van der Waals surface area contributed by atoms with Crippen LogP contribution in [0.3, 0.4) is 0 Å². The van der Waals surface area contributed by atoms with E-state index in [1.165, 1.54) is 51.4 Å². The molecule has 0 aliphatic rings. The Hall–Kier alpha value is -3.07. The van der Waals surface area contributed by atoms with Crippen molar-refractivity contribution in [2.75, 3.05) is 26.4 Å². The van der Waals surface area contributed by atoms with Crippen LogP contribution in [0, 0.1) is 0 Å². The van der Waals surface area contributed by atoms with Crippen molar-refractivity contribution in [3.63, 3.8) is 0 Å². The summed E-state index contributed by atoms with van der Waals surface area (Å²) in [5, 5.41) is 0. The van der Waals surface area contributed by atoms with Crippen molar-refractivity contribution in [3.8, 4) is 0 Å². The van der Waals surface area contributed by atoms with Gasteiger partial charge in [0, 0.05) is 19.4 Å². The zero-order valence-corrected chi connectivity index (χ0v) is 40.7. The minimum Gasteiger partial charge on any atom is -0.462 e. The fraction of sp³-hybridized carbons (Fsp3) is 0.660. The molecule has 63 heavy (non-hydrogen) atoms. The van der Waals surface area contributed by atoms with Gasteiger partial charge in [-0.15, -0.1) is 0 Å². The molecule has 0 spiro atoms. The van der Waals surface area contributed by atoms with Crippen molar-refractivity contribution < 1.29 is 37.6 Å². The van der Waals surface area contributed by atoms with Gasteiger partial charge < -0.3 is 20.1 Å². The Bertz CT molecular complexity index is 1350. The van der Waals surface area contributed by atoms with Gasteiger partial charge in [-0.1, -0.05) is 188 Å². The smallest absolute Gasteiger partial charge is 0.462 e. The van der Waals surface area contributed by atoms with E-state index in [9.17, 15) is 19.0 Å². The largest absolute Gasteiger partial charge is 0.472 e. The number of ether oxygens (including phenoxy) is 2. The summed E-state index contributed by atoms with van der Waals surface area (Å²) in [5.74, 6) is -0.853. The molecule has 0 radical (unpaired) electrons. The molecule has 2 atom stereocenters. The Morgan fingerprint density at radius 3 is 1.22 bits per heavy atom. The van der Waals surface area contributed by atoms with E-state index in [0.29, 0.717) is 6.42 Å². The topological polar surface area (TPSA) is 134 Å². The predicted molar refractivity (Wildman–Crippen MR) is 265 cm³/mol. The SMILES string of the molecule is CC/C=C\C/C=C\C/C=C\C/C=C\C/C=C\CCCCCCCCCCCC(=O)OC(COC(=O)CCCCCCCCC/C=C\C/C=C\C/C=C\CC)COP(=O)(O)OCCN. The monoisotopic (exact) mass is 900 g/mol. The quantitative estimate of drug-likeness (QED) is 0.0265. The Labute approximate surface area is 385 Å². The number of phosphoric ester groups is 1. The van der Waals surface area contributed by atoms with E-state index >= 15 is 0 Å². The van der Waals surface area contributed by atoms with Crippen LogP contribution in [0.5, 0.6) is 0 Å². The zero-order chi connectivity index (χ0) is 46.0. The van der Waals surface area contributed by atoms with E-state index in [4.69, 9.17) is 24.3 Å². The number of allylic oxidation sites excluding steroid dienone is 16. The first-order valence-electron chi connectivity index (χ1n) is 24.7. The molecule has 0 aliphatic heterocycles. The molecule has 0 aromatic rings. The Morgan fingerprint density at radius 1 is 0.476 bits per heavy atom. The molecule has 0 bridgehead atoms. The average Bonchev–Trinajstić information content (AvgIpc) is 3.27. The number of unbranched alkanes of at least 4 members (excludes halogenated alkanes) is 16. The molecule has 9 nitrogen and oxygen atoms in total. The highest BCUT2D eigenvalue weighted by Crippen LogP contribution is 2.43. The van der Waals surface area contributed by atoms with Gasteiger partial charge in [-0.2, -0.15) is 0 Å². The third-order valence-corrected chi connectivity index (χ3v) is 10.9. The van der Waals surface area contributed by atoms with Crippen molar-refractivity contribution in [3.05, 3.63) is 97.2 Å². The van der Waals surface area contributed by atoms with Crippen LogP contribution in [-0.2, 0) is 32.7 Å². The van der Waals surface area contributed by atoms with Crippen LogP contribution in [0.4, 0.5) is 0 Å². The molecule has 0 aromatic carbocycles. The highest BCUT2D eigenvalue weighted by Gasteiger charge is 2.26. The number of carbonyl (C=O) groups is 2. The van der Waals surface area contributed by atoms with Crippen molar-refractivity contribution in [2.45, 2.75) is 200 Å². The first-order valence-corrected chi connectivity index (χ1v) is 26.2.